The van der Waals surface area contributed by atoms with E-state index in [9.17, 15) is 4.79 Å². The second kappa shape index (κ2) is 6.70. The smallest absolute Gasteiger partial charge is 0.341 e. The highest BCUT2D eigenvalue weighted by atomic mass is 16.5. The van der Waals surface area contributed by atoms with E-state index in [-0.39, 0.29) is 5.97 Å². The van der Waals surface area contributed by atoms with Crippen molar-refractivity contribution in [2.45, 2.75) is 26.3 Å². The maximum atomic E-state index is 11.9. The number of anilines is 1. The van der Waals surface area contributed by atoms with Crippen molar-refractivity contribution in [3.8, 4) is 0 Å². The third kappa shape index (κ3) is 3.48. The molecule has 2 atom stereocenters. The highest BCUT2D eigenvalue weighted by molar-refractivity contribution is 5.94. The van der Waals surface area contributed by atoms with Gasteiger partial charge in [-0.2, -0.15) is 0 Å². The molecule has 0 bridgehead atoms. The number of hydrogen-bond donors (Lipinski definition) is 1. The van der Waals surface area contributed by atoms with E-state index >= 15 is 0 Å². The molecule has 2 heterocycles. The largest absolute Gasteiger partial charge is 0.462 e. The molecule has 1 aromatic rings. The Morgan fingerprint density at radius 3 is 3.10 bits per heavy atom. The van der Waals surface area contributed by atoms with Crippen LogP contribution in [0.1, 0.15) is 30.6 Å². The summed E-state index contributed by atoms with van der Waals surface area (Å²) in [5.74, 6) is 0.835. The first-order valence-electron chi connectivity index (χ1n) is 7.19. The summed E-state index contributed by atoms with van der Waals surface area (Å²) in [6.45, 7) is 6.52. The molecule has 1 aromatic heterocycles. The van der Waals surface area contributed by atoms with Gasteiger partial charge in [0.15, 0.2) is 0 Å². The molecule has 0 saturated carbocycles. The summed E-state index contributed by atoms with van der Waals surface area (Å²) in [5.41, 5.74) is 0.514. The Morgan fingerprint density at radius 1 is 1.60 bits per heavy atom. The van der Waals surface area contributed by atoms with E-state index < -0.39 is 0 Å². The highest BCUT2D eigenvalue weighted by Gasteiger charge is 2.25. The molecule has 20 heavy (non-hydrogen) atoms. The number of pyridine rings is 1. The number of hydrogen-bond acceptors (Lipinski definition) is 5. The van der Waals surface area contributed by atoms with Crippen LogP contribution < -0.4 is 5.32 Å². The van der Waals surface area contributed by atoms with Gasteiger partial charge in [0.1, 0.15) is 11.4 Å². The Morgan fingerprint density at radius 2 is 2.40 bits per heavy atom. The predicted octanol–water partition coefficient (Wildman–Crippen LogP) is 2.01. The summed E-state index contributed by atoms with van der Waals surface area (Å²) in [7, 11) is 2.14. The third-order valence-electron chi connectivity index (χ3n) is 3.73. The number of ether oxygens (including phenoxy) is 1. The van der Waals surface area contributed by atoms with E-state index in [4.69, 9.17) is 4.74 Å². The minimum absolute atomic E-state index is 0.316. The number of likely N-dealkylation sites (tertiary alicyclic amines) is 1. The molecule has 1 aliphatic heterocycles. The lowest BCUT2D eigenvalue weighted by Gasteiger charge is -2.35. The Kier molecular flexibility index (Phi) is 4.95. The van der Waals surface area contributed by atoms with Crippen molar-refractivity contribution in [3.05, 3.63) is 23.9 Å². The number of nitrogens with one attached hydrogen (secondary N) is 1. The van der Waals surface area contributed by atoms with Crippen LogP contribution in [-0.2, 0) is 4.74 Å². The van der Waals surface area contributed by atoms with Crippen molar-refractivity contribution in [3.63, 3.8) is 0 Å². The number of rotatable bonds is 4. The number of piperidine rings is 1. The zero-order valence-electron chi connectivity index (χ0n) is 12.4. The summed E-state index contributed by atoms with van der Waals surface area (Å²) in [6.07, 6.45) is 2.75. The molecule has 2 unspecified atom stereocenters. The maximum Gasteiger partial charge on any atom is 0.341 e. The Balaban J connectivity index is 2.11. The van der Waals surface area contributed by atoms with Gasteiger partial charge in [0.2, 0.25) is 0 Å². The van der Waals surface area contributed by atoms with Gasteiger partial charge in [-0.25, -0.2) is 9.78 Å². The lowest BCUT2D eigenvalue weighted by molar-refractivity contribution is 0.0527. The zero-order valence-corrected chi connectivity index (χ0v) is 12.4. The summed E-state index contributed by atoms with van der Waals surface area (Å²) < 4.78 is 5.07. The van der Waals surface area contributed by atoms with E-state index in [1.54, 1.807) is 25.3 Å². The number of aromatic nitrogens is 1. The first-order valence-corrected chi connectivity index (χ1v) is 7.19. The topological polar surface area (TPSA) is 54.5 Å². The van der Waals surface area contributed by atoms with Gasteiger partial charge in [0.25, 0.3) is 0 Å². The zero-order chi connectivity index (χ0) is 14.5. The third-order valence-corrected chi connectivity index (χ3v) is 3.73. The lowest BCUT2D eigenvalue weighted by atomic mass is 9.94. The second-order valence-corrected chi connectivity index (χ2v) is 5.40. The van der Waals surface area contributed by atoms with Crippen molar-refractivity contribution in [2.75, 3.05) is 32.1 Å². The molecule has 0 radical (unpaired) electrons. The molecule has 0 amide bonds. The van der Waals surface area contributed by atoms with Crippen molar-refractivity contribution >= 4 is 11.8 Å². The summed E-state index contributed by atoms with van der Waals surface area (Å²) in [5, 5.41) is 3.42. The molecule has 1 fully saturated rings. The molecule has 110 valence electrons. The van der Waals surface area contributed by atoms with Crippen molar-refractivity contribution in [2.24, 2.45) is 5.92 Å². The Bertz CT molecular complexity index is 464. The van der Waals surface area contributed by atoms with Gasteiger partial charge < -0.3 is 15.0 Å². The van der Waals surface area contributed by atoms with E-state index in [1.165, 1.54) is 0 Å². The first kappa shape index (κ1) is 14.8. The first-order chi connectivity index (χ1) is 9.61. The van der Waals surface area contributed by atoms with Crippen LogP contribution in [0, 0.1) is 5.92 Å². The van der Waals surface area contributed by atoms with Gasteiger partial charge in [-0.3, -0.25) is 0 Å². The van der Waals surface area contributed by atoms with Crippen LogP contribution >= 0.6 is 0 Å². The number of carbonyl (C=O) groups excluding carboxylic acids is 1. The van der Waals surface area contributed by atoms with Crippen LogP contribution in [-0.4, -0.2) is 48.6 Å². The quantitative estimate of drug-likeness (QED) is 0.853. The Hall–Kier alpha value is -1.62. The SMILES string of the molecule is CCOC(=O)c1cccnc1NC1CCN(C)CC1C. The van der Waals surface area contributed by atoms with Crippen LogP contribution in [0.4, 0.5) is 5.82 Å². The summed E-state index contributed by atoms with van der Waals surface area (Å²) >= 11 is 0. The molecule has 0 spiro atoms. The highest BCUT2D eigenvalue weighted by Crippen LogP contribution is 2.21. The van der Waals surface area contributed by atoms with Crippen molar-refractivity contribution < 1.29 is 9.53 Å². The molecule has 1 N–H and O–H groups in total. The molecule has 5 heteroatoms. The minimum atomic E-state index is -0.316. The summed E-state index contributed by atoms with van der Waals surface area (Å²) in [6, 6.07) is 3.86. The van der Waals surface area contributed by atoms with E-state index in [0.29, 0.717) is 29.9 Å². The van der Waals surface area contributed by atoms with Crippen molar-refractivity contribution in [1.29, 1.82) is 0 Å². The fourth-order valence-corrected chi connectivity index (χ4v) is 2.64. The van der Waals surface area contributed by atoms with Gasteiger partial charge >= 0.3 is 5.97 Å². The van der Waals surface area contributed by atoms with Crippen LogP contribution in [0.3, 0.4) is 0 Å². The van der Waals surface area contributed by atoms with Crippen LogP contribution in [0.2, 0.25) is 0 Å². The van der Waals surface area contributed by atoms with Crippen LogP contribution in [0.15, 0.2) is 18.3 Å². The van der Waals surface area contributed by atoms with E-state index in [2.05, 4.69) is 29.2 Å². The Labute approximate surface area is 120 Å². The average molecular weight is 277 g/mol. The van der Waals surface area contributed by atoms with Crippen molar-refractivity contribution in [1.82, 2.24) is 9.88 Å². The lowest BCUT2D eigenvalue weighted by Crippen LogP contribution is -2.43. The fraction of sp³-hybridized carbons (Fsp3) is 0.600. The van der Waals surface area contributed by atoms with Gasteiger partial charge in [0.05, 0.1) is 6.61 Å². The normalized spacial score (nSPS) is 23.4. The van der Waals surface area contributed by atoms with Gasteiger partial charge in [-0.1, -0.05) is 6.92 Å². The molecule has 1 aliphatic rings. The van der Waals surface area contributed by atoms with Gasteiger partial charge in [-0.05, 0) is 45.0 Å². The van der Waals surface area contributed by atoms with Gasteiger partial charge in [-0.15, -0.1) is 0 Å². The monoisotopic (exact) mass is 277 g/mol. The number of nitrogens with zero attached hydrogens (tertiary/aromatic N) is 2. The second-order valence-electron chi connectivity index (χ2n) is 5.40. The molecule has 1 saturated heterocycles. The fourth-order valence-electron chi connectivity index (χ4n) is 2.64. The van der Waals surface area contributed by atoms with Gasteiger partial charge in [0, 0.05) is 18.8 Å². The van der Waals surface area contributed by atoms with Crippen LogP contribution in [0.25, 0.3) is 0 Å². The maximum absolute atomic E-state index is 11.9. The molecule has 2 rings (SSSR count). The summed E-state index contributed by atoms with van der Waals surface area (Å²) in [4.78, 5) is 18.6. The molecule has 0 aliphatic carbocycles. The minimum Gasteiger partial charge on any atom is -0.462 e. The predicted molar refractivity (Wildman–Crippen MR) is 78.9 cm³/mol. The van der Waals surface area contributed by atoms with Crippen LogP contribution in [0.5, 0.6) is 0 Å². The average Bonchev–Trinajstić information content (AvgIpc) is 2.43. The molecular formula is C15H23N3O2. The molecule has 5 nitrogen and oxygen atoms in total. The standard InChI is InChI=1S/C15H23N3O2/c1-4-20-15(19)12-6-5-8-16-14(12)17-13-7-9-18(3)10-11(13)2/h5-6,8,11,13H,4,7,9-10H2,1-3H3,(H,16,17). The number of carbonyl (C=O) groups is 1. The van der Waals surface area contributed by atoms with E-state index in [0.717, 1.165) is 19.5 Å². The molecular weight excluding hydrogens is 254 g/mol. The molecule has 0 aromatic carbocycles. The number of esters is 1. The van der Waals surface area contributed by atoms with E-state index in [1.807, 2.05) is 0 Å².